The summed E-state index contributed by atoms with van der Waals surface area (Å²) in [5.41, 5.74) is 7.81. The quantitative estimate of drug-likeness (QED) is 0.279. The second kappa shape index (κ2) is 9.77. The maximum absolute atomic E-state index is 12.1. The summed E-state index contributed by atoms with van der Waals surface area (Å²) in [7, 11) is 0. The van der Waals surface area contributed by atoms with E-state index in [0.717, 1.165) is 16.1 Å². The van der Waals surface area contributed by atoms with Crippen LogP contribution in [0.5, 0.6) is 11.5 Å². The molecule has 0 saturated carbocycles. The van der Waals surface area contributed by atoms with Crippen molar-refractivity contribution in [1.29, 1.82) is 0 Å². The van der Waals surface area contributed by atoms with Crippen LogP contribution in [0.4, 0.5) is 5.69 Å². The van der Waals surface area contributed by atoms with Crippen molar-refractivity contribution in [1.82, 2.24) is 5.32 Å². The van der Waals surface area contributed by atoms with E-state index in [2.05, 4.69) is 10.3 Å². The lowest BCUT2D eigenvalue weighted by molar-refractivity contribution is 0.0951. The predicted molar refractivity (Wildman–Crippen MR) is 114 cm³/mol. The smallest absolute Gasteiger partial charge is 0.255 e. The van der Waals surface area contributed by atoms with Crippen LogP contribution in [0.2, 0.25) is 0 Å². The molecule has 146 valence electrons. The Morgan fingerprint density at radius 1 is 1.11 bits per heavy atom. The van der Waals surface area contributed by atoms with E-state index in [1.54, 1.807) is 0 Å². The van der Waals surface area contributed by atoms with Gasteiger partial charge in [0.25, 0.3) is 5.91 Å². The van der Waals surface area contributed by atoms with Gasteiger partial charge in [-0.1, -0.05) is 18.2 Å². The standard InChI is InChI=1S/C20H19N3O3S.ClH/c21-19(18-2-1-11-27-18)23-14-5-3-13(4-6-14)9-10-22-20(26)16-12-15(24)7-8-17(16)25;/h1-8,11-12,24-25H,9-10H2,(H2,21,23)(H,22,26);1H. The number of carbonyl (C=O) groups is 1. The van der Waals surface area contributed by atoms with Crippen molar-refractivity contribution >= 4 is 41.2 Å². The van der Waals surface area contributed by atoms with Crippen LogP contribution in [0.25, 0.3) is 0 Å². The Morgan fingerprint density at radius 3 is 2.54 bits per heavy atom. The molecule has 0 bridgehead atoms. The van der Waals surface area contributed by atoms with Gasteiger partial charge in [-0.3, -0.25) is 4.79 Å². The average Bonchev–Trinajstić information content (AvgIpc) is 3.20. The van der Waals surface area contributed by atoms with E-state index < -0.39 is 5.91 Å². The molecule has 0 saturated heterocycles. The number of hydrogen-bond acceptors (Lipinski definition) is 5. The van der Waals surface area contributed by atoms with Gasteiger partial charge in [-0.15, -0.1) is 23.7 Å². The molecule has 3 aromatic rings. The molecule has 0 radical (unpaired) electrons. The van der Waals surface area contributed by atoms with Gasteiger partial charge in [-0.05, 0) is 53.8 Å². The van der Waals surface area contributed by atoms with Crippen LogP contribution in [0.15, 0.2) is 65.0 Å². The van der Waals surface area contributed by atoms with Crippen molar-refractivity contribution in [3.05, 3.63) is 76.0 Å². The van der Waals surface area contributed by atoms with Crippen molar-refractivity contribution in [2.24, 2.45) is 10.7 Å². The zero-order chi connectivity index (χ0) is 19.2. The molecule has 0 unspecified atom stereocenters. The highest BCUT2D eigenvalue weighted by Gasteiger charge is 2.11. The monoisotopic (exact) mass is 417 g/mol. The van der Waals surface area contributed by atoms with Crippen LogP contribution < -0.4 is 11.1 Å². The van der Waals surface area contributed by atoms with Crippen molar-refractivity contribution < 1.29 is 15.0 Å². The zero-order valence-corrected chi connectivity index (χ0v) is 16.5. The summed E-state index contributed by atoms with van der Waals surface area (Å²) >= 11 is 1.54. The summed E-state index contributed by atoms with van der Waals surface area (Å²) in [4.78, 5) is 17.4. The number of thiophene rings is 1. The van der Waals surface area contributed by atoms with Gasteiger partial charge in [-0.2, -0.15) is 0 Å². The minimum absolute atomic E-state index is 0. The maximum atomic E-state index is 12.1. The average molecular weight is 418 g/mol. The summed E-state index contributed by atoms with van der Waals surface area (Å²) < 4.78 is 0. The fraction of sp³-hybridized carbons (Fsp3) is 0.100. The first kappa shape index (κ1) is 21.3. The molecule has 1 heterocycles. The number of phenols is 2. The maximum Gasteiger partial charge on any atom is 0.255 e. The number of aliphatic imine (C=N–C) groups is 1. The van der Waals surface area contributed by atoms with Crippen LogP contribution in [0.3, 0.4) is 0 Å². The van der Waals surface area contributed by atoms with Crippen molar-refractivity contribution in [2.75, 3.05) is 6.54 Å². The number of carbonyl (C=O) groups excluding carboxylic acids is 1. The molecule has 6 nitrogen and oxygen atoms in total. The molecular weight excluding hydrogens is 398 g/mol. The van der Waals surface area contributed by atoms with E-state index in [1.165, 1.54) is 29.5 Å². The minimum Gasteiger partial charge on any atom is -0.508 e. The Morgan fingerprint density at radius 2 is 1.86 bits per heavy atom. The van der Waals surface area contributed by atoms with E-state index in [0.29, 0.717) is 18.8 Å². The van der Waals surface area contributed by atoms with Gasteiger partial charge < -0.3 is 21.3 Å². The number of rotatable bonds is 6. The number of phenolic OH excluding ortho intramolecular Hbond substituents is 2. The van der Waals surface area contributed by atoms with Gasteiger partial charge in [0.2, 0.25) is 0 Å². The third kappa shape index (κ3) is 5.48. The molecule has 0 atom stereocenters. The van der Waals surface area contributed by atoms with E-state index in [9.17, 15) is 15.0 Å². The largest absolute Gasteiger partial charge is 0.508 e. The Labute approximate surface area is 172 Å². The predicted octanol–water partition coefficient (Wildman–Crippen LogP) is 3.59. The summed E-state index contributed by atoms with van der Waals surface area (Å²) in [6, 6.07) is 15.3. The first-order chi connectivity index (χ1) is 13.0. The van der Waals surface area contributed by atoms with Gasteiger partial charge in [-0.25, -0.2) is 4.99 Å². The molecule has 5 N–H and O–H groups in total. The second-order valence-corrected chi connectivity index (χ2v) is 6.80. The first-order valence-corrected chi connectivity index (χ1v) is 9.18. The number of amides is 1. The van der Waals surface area contributed by atoms with Gasteiger partial charge in [0.1, 0.15) is 17.3 Å². The Balaban J connectivity index is 0.00000280. The molecule has 0 aliphatic heterocycles. The molecule has 8 heteroatoms. The molecule has 0 aliphatic carbocycles. The van der Waals surface area contributed by atoms with Gasteiger partial charge in [0.15, 0.2) is 0 Å². The van der Waals surface area contributed by atoms with Crippen LogP contribution in [-0.2, 0) is 6.42 Å². The number of benzene rings is 2. The summed E-state index contributed by atoms with van der Waals surface area (Å²) in [5.74, 6) is -0.198. The topological polar surface area (TPSA) is 108 Å². The molecule has 1 aromatic heterocycles. The molecular formula is C20H20ClN3O3S. The highest BCUT2D eigenvalue weighted by atomic mass is 35.5. The lowest BCUT2D eigenvalue weighted by Crippen LogP contribution is -2.25. The number of halogens is 1. The van der Waals surface area contributed by atoms with Crippen molar-refractivity contribution in [2.45, 2.75) is 6.42 Å². The third-order valence-corrected chi connectivity index (χ3v) is 4.78. The Kier molecular flexibility index (Phi) is 7.43. The van der Waals surface area contributed by atoms with E-state index in [1.807, 2.05) is 41.8 Å². The second-order valence-electron chi connectivity index (χ2n) is 5.85. The highest BCUT2D eigenvalue weighted by Crippen LogP contribution is 2.22. The number of nitrogens with two attached hydrogens (primary N) is 1. The molecule has 28 heavy (non-hydrogen) atoms. The normalized spacial score (nSPS) is 10.9. The van der Waals surface area contributed by atoms with E-state index in [4.69, 9.17) is 5.73 Å². The fourth-order valence-corrected chi connectivity index (χ4v) is 3.10. The number of nitrogens with one attached hydrogen (secondary N) is 1. The molecule has 2 aromatic carbocycles. The molecule has 0 spiro atoms. The fourth-order valence-electron chi connectivity index (χ4n) is 2.48. The van der Waals surface area contributed by atoms with Gasteiger partial charge in [0.05, 0.1) is 16.1 Å². The van der Waals surface area contributed by atoms with Crippen LogP contribution in [-0.4, -0.2) is 28.5 Å². The van der Waals surface area contributed by atoms with Gasteiger partial charge >= 0.3 is 0 Å². The van der Waals surface area contributed by atoms with Crippen molar-refractivity contribution in [3.8, 4) is 11.5 Å². The van der Waals surface area contributed by atoms with Crippen LogP contribution in [0, 0.1) is 0 Å². The summed E-state index contributed by atoms with van der Waals surface area (Å²) in [6.07, 6.45) is 0.621. The summed E-state index contributed by atoms with van der Waals surface area (Å²) in [5, 5.41) is 23.8. The Hall–Kier alpha value is -3.03. The van der Waals surface area contributed by atoms with Crippen LogP contribution in [0.1, 0.15) is 20.8 Å². The Bertz CT molecular complexity index is 957. The number of hydrogen-bond donors (Lipinski definition) is 4. The third-order valence-electron chi connectivity index (χ3n) is 3.88. The molecule has 0 aliphatic rings. The minimum atomic E-state index is -0.437. The van der Waals surface area contributed by atoms with E-state index in [-0.39, 0.29) is 29.5 Å². The summed E-state index contributed by atoms with van der Waals surface area (Å²) in [6.45, 7) is 0.397. The van der Waals surface area contributed by atoms with Gasteiger partial charge in [0, 0.05) is 6.54 Å². The molecule has 0 fully saturated rings. The van der Waals surface area contributed by atoms with E-state index >= 15 is 0 Å². The zero-order valence-electron chi connectivity index (χ0n) is 14.8. The van der Waals surface area contributed by atoms with Crippen molar-refractivity contribution in [3.63, 3.8) is 0 Å². The highest BCUT2D eigenvalue weighted by molar-refractivity contribution is 7.12. The lowest BCUT2D eigenvalue weighted by atomic mass is 10.1. The lowest BCUT2D eigenvalue weighted by Gasteiger charge is -2.08. The number of amidine groups is 1. The first-order valence-electron chi connectivity index (χ1n) is 8.30. The SMILES string of the molecule is Cl.NC(=Nc1ccc(CCNC(=O)c2cc(O)ccc2O)cc1)c1cccs1. The number of aromatic hydroxyl groups is 2. The molecule has 1 amide bonds. The number of nitrogens with zero attached hydrogens (tertiary/aromatic N) is 1. The van der Waals surface area contributed by atoms with Crippen LogP contribution >= 0.6 is 23.7 Å². The molecule has 3 rings (SSSR count).